The van der Waals surface area contributed by atoms with Crippen LogP contribution in [-0.4, -0.2) is 31.3 Å². The second-order valence-corrected chi connectivity index (χ2v) is 5.54. The van der Waals surface area contributed by atoms with Crippen molar-refractivity contribution < 1.29 is 14.3 Å². The van der Waals surface area contributed by atoms with Crippen LogP contribution >= 0.6 is 15.9 Å². The van der Waals surface area contributed by atoms with Crippen LogP contribution in [-0.2, 0) is 9.53 Å². The van der Waals surface area contributed by atoms with E-state index in [0.29, 0.717) is 31.0 Å². The lowest BCUT2D eigenvalue weighted by Gasteiger charge is -2.15. The first kappa shape index (κ1) is 15.3. The maximum Gasteiger partial charge on any atom is 0.253 e. The molecule has 1 aliphatic rings. The molecule has 1 heterocycles. The van der Waals surface area contributed by atoms with Gasteiger partial charge in [-0.2, -0.15) is 0 Å². The van der Waals surface area contributed by atoms with Crippen molar-refractivity contribution in [1.82, 2.24) is 0 Å². The lowest BCUT2D eigenvalue weighted by molar-refractivity contribution is -0.126. The van der Waals surface area contributed by atoms with E-state index in [-0.39, 0.29) is 12.0 Å². The molecule has 1 amide bonds. The SMILES string of the molecule is CCOc1cc(Br)ccc1NC(=O)[C@@H]1CC[C@H](CN)O1. The van der Waals surface area contributed by atoms with Crippen molar-refractivity contribution in [3.8, 4) is 5.75 Å². The Morgan fingerprint density at radius 1 is 1.55 bits per heavy atom. The van der Waals surface area contributed by atoms with Gasteiger partial charge in [0.1, 0.15) is 11.9 Å². The minimum absolute atomic E-state index is 0.0120. The minimum Gasteiger partial charge on any atom is -0.492 e. The van der Waals surface area contributed by atoms with Gasteiger partial charge in [-0.05, 0) is 38.0 Å². The molecule has 0 bridgehead atoms. The number of halogens is 1. The first-order chi connectivity index (χ1) is 9.63. The second-order valence-electron chi connectivity index (χ2n) is 4.62. The molecule has 0 radical (unpaired) electrons. The molecule has 0 spiro atoms. The fourth-order valence-corrected chi connectivity index (χ4v) is 2.50. The molecule has 2 atom stereocenters. The molecule has 0 unspecified atom stereocenters. The summed E-state index contributed by atoms with van der Waals surface area (Å²) in [5, 5.41) is 2.86. The van der Waals surface area contributed by atoms with Crippen LogP contribution in [0, 0.1) is 0 Å². The third-order valence-corrected chi connectivity index (χ3v) is 3.66. The van der Waals surface area contributed by atoms with Crippen molar-refractivity contribution in [2.24, 2.45) is 5.73 Å². The van der Waals surface area contributed by atoms with Gasteiger partial charge in [-0.1, -0.05) is 15.9 Å². The van der Waals surface area contributed by atoms with Gasteiger partial charge in [0.2, 0.25) is 0 Å². The highest BCUT2D eigenvalue weighted by molar-refractivity contribution is 9.10. The van der Waals surface area contributed by atoms with Gasteiger partial charge < -0.3 is 20.5 Å². The number of benzene rings is 1. The van der Waals surface area contributed by atoms with Crippen LogP contribution in [0.5, 0.6) is 5.75 Å². The molecule has 1 aromatic rings. The molecule has 1 saturated heterocycles. The van der Waals surface area contributed by atoms with Crippen LogP contribution < -0.4 is 15.8 Å². The fraction of sp³-hybridized carbons (Fsp3) is 0.500. The maximum absolute atomic E-state index is 12.2. The van der Waals surface area contributed by atoms with Crippen molar-refractivity contribution in [3.63, 3.8) is 0 Å². The number of hydrogen-bond acceptors (Lipinski definition) is 4. The number of nitrogens with two attached hydrogens (primary N) is 1. The van der Waals surface area contributed by atoms with E-state index in [0.717, 1.165) is 10.9 Å². The first-order valence-corrected chi connectivity index (χ1v) is 7.52. The predicted octanol–water partition coefficient (Wildman–Crippen LogP) is 2.29. The Morgan fingerprint density at radius 3 is 3.00 bits per heavy atom. The Labute approximate surface area is 126 Å². The molecule has 6 heteroatoms. The number of carbonyl (C=O) groups is 1. The van der Waals surface area contributed by atoms with Gasteiger partial charge in [0.25, 0.3) is 5.91 Å². The van der Waals surface area contributed by atoms with Crippen molar-refractivity contribution in [2.45, 2.75) is 32.0 Å². The lowest BCUT2D eigenvalue weighted by Crippen LogP contribution is -2.29. The van der Waals surface area contributed by atoms with Gasteiger partial charge in [0.05, 0.1) is 18.4 Å². The standard InChI is InChI=1S/C14H19BrN2O3/c1-2-19-13-7-9(15)3-5-11(13)17-14(18)12-6-4-10(8-16)20-12/h3,5,7,10,12H,2,4,6,8,16H2,1H3,(H,17,18)/t10-,12+/m1/s1. The summed E-state index contributed by atoms with van der Waals surface area (Å²) in [4.78, 5) is 12.2. The molecule has 1 aliphatic heterocycles. The highest BCUT2D eigenvalue weighted by Crippen LogP contribution is 2.29. The van der Waals surface area contributed by atoms with E-state index in [4.69, 9.17) is 15.2 Å². The number of nitrogens with one attached hydrogen (secondary N) is 1. The third kappa shape index (κ3) is 3.71. The van der Waals surface area contributed by atoms with Crippen LogP contribution in [0.4, 0.5) is 5.69 Å². The molecule has 1 aromatic carbocycles. The summed E-state index contributed by atoms with van der Waals surface area (Å²) in [6.45, 7) is 2.89. The molecule has 0 aromatic heterocycles. The van der Waals surface area contributed by atoms with E-state index >= 15 is 0 Å². The van der Waals surface area contributed by atoms with Crippen LogP contribution in [0.3, 0.4) is 0 Å². The van der Waals surface area contributed by atoms with Gasteiger partial charge in [-0.3, -0.25) is 4.79 Å². The topological polar surface area (TPSA) is 73.6 Å². The van der Waals surface area contributed by atoms with Crippen molar-refractivity contribution in [1.29, 1.82) is 0 Å². The van der Waals surface area contributed by atoms with E-state index in [9.17, 15) is 4.79 Å². The molecule has 110 valence electrons. The predicted molar refractivity (Wildman–Crippen MR) is 80.9 cm³/mol. The number of amides is 1. The van der Waals surface area contributed by atoms with Gasteiger partial charge in [-0.25, -0.2) is 0 Å². The zero-order valence-corrected chi connectivity index (χ0v) is 13.0. The van der Waals surface area contributed by atoms with E-state index in [2.05, 4.69) is 21.2 Å². The maximum atomic E-state index is 12.2. The molecule has 0 saturated carbocycles. The highest BCUT2D eigenvalue weighted by atomic mass is 79.9. The summed E-state index contributed by atoms with van der Waals surface area (Å²) in [6.07, 6.45) is 1.09. The number of ether oxygens (including phenoxy) is 2. The smallest absolute Gasteiger partial charge is 0.253 e. The number of hydrogen-bond donors (Lipinski definition) is 2. The summed E-state index contributed by atoms with van der Waals surface area (Å²) in [5.41, 5.74) is 6.20. The third-order valence-electron chi connectivity index (χ3n) is 3.16. The van der Waals surface area contributed by atoms with Crippen LogP contribution in [0.15, 0.2) is 22.7 Å². The largest absolute Gasteiger partial charge is 0.492 e. The van der Waals surface area contributed by atoms with Crippen molar-refractivity contribution >= 4 is 27.5 Å². The average Bonchev–Trinajstić information content (AvgIpc) is 2.91. The fourth-order valence-electron chi connectivity index (χ4n) is 2.16. The Kier molecular flexibility index (Phi) is 5.39. The van der Waals surface area contributed by atoms with Gasteiger partial charge >= 0.3 is 0 Å². The van der Waals surface area contributed by atoms with Gasteiger partial charge in [0.15, 0.2) is 0 Å². The first-order valence-electron chi connectivity index (χ1n) is 6.72. The van der Waals surface area contributed by atoms with Crippen molar-refractivity contribution in [2.75, 3.05) is 18.5 Å². The molecule has 5 nitrogen and oxygen atoms in total. The number of anilines is 1. The Morgan fingerprint density at radius 2 is 2.35 bits per heavy atom. The Balaban J connectivity index is 2.04. The molecule has 2 rings (SSSR count). The normalized spacial score (nSPS) is 21.8. The van der Waals surface area contributed by atoms with E-state index in [1.807, 2.05) is 25.1 Å². The summed E-state index contributed by atoms with van der Waals surface area (Å²) < 4.78 is 12.0. The second kappa shape index (κ2) is 7.06. The quantitative estimate of drug-likeness (QED) is 0.860. The van der Waals surface area contributed by atoms with Gasteiger partial charge in [0, 0.05) is 11.0 Å². The van der Waals surface area contributed by atoms with E-state index in [1.165, 1.54) is 0 Å². The molecule has 0 aliphatic carbocycles. The van der Waals surface area contributed by atoms with Crippen LogP contribution in [0.1, 0.15) is 19.8 Å². The number of carbonyl (C=O) groups excluding carboxylic acids is 1. The minimum atomic E-state index is -0.429. The summed E-state index contributed by atoms with van der Waals surface area (Å²) in [6, 6.07) is 5.50. The van der Waals surface area contributed by atoms with Crippen LogP contribution in [0.2, 0.25) is 0 Å². The van der Waals surface area contributed by atoms with Crippen molar-refractivity contribution in [3.05, 3.63) is 22.7 Å². The zero-order valence-electron chi connectivity index (χ0n) is 11.4. The molecular formula is C14H19BrN2O3. The Hall–Kier alpha value is -1.11. The molecule has 3 N–H and O–H groups in total. The summed E-state index contributed by atoms with van der Waals surface area (Å²) in [5.74, 6) is 0.493. The zero-order chi connectivity index (χ0) is 14.5. The van der Waals surface area contributed by atoms with Gasteiger partial charge in [-0.15, -0.1) is 0 Å². The van der Waals surface area contributed by atoms with E-state index in [1.54, 1.807) is 0 Å². The Bertz CT molecular complexity index is 481. The molecule has 1 fully saturated rings. The average molecular weight is 343 g/mol. The van der Waals surface area contributed by atoms with E-state index < -0.39 is 6.10 Å². The lowest BCUT2D eigenvalue weighted by atomic mass is 10.2. The number of rotatable bonds is 5. The highest BCUT2D eigenvalue weighted by Gasteiger charge is 2.30. The van der Waals surface area contributed by atoms with Crippen LogP contribution in [0.25, 0.3) is 0 Å². The summed E-state index contributed by atoms with van der Waals surface area (Å²) >= 11 is 3.38. The molecular weight excluding hydrogens is 324 g/mol. The monoisotopic (exact) mass is 342 g/mol. The molecule has 20 heavy (non-hydrogen) atoms. The summed E-state index contributed by atoms with van der Waals surface area (Å²) in [7, 11) is 0.